The number of nitrogens with two attached hydrogens (primary N) is 1. The monoisotopic (exact) mass is 260 g/mol. The van der Waals surface area contributed by atoms with Crippen LogP contribution in [0.1, 0.15) is 13.8 Å². The van der Waals surface area contributed by atoms with E-state index in [-0.39, 0.29) is 11.8 Å². The third-order valence-corrected chi connectivity index (χ3v) is 3.05. The maximum Gasteiger partial charge on any atom is 0.241 e. The second-order valence-electron chi connectivity index (χ2n) is 3.86. The van der Waals surface area contributed by atoms with Crippen LogP contribution in [0.3, 0.4) is 0 Å². The number of nitrogens with one attached hydrogen (secondary N) is 1. The first-order valence-electron chi connectivity index (χ1n) is 4.94. The Morgan fingerprint density at radius 1 is 1.38 bits per heavy atom. The Hall–Kier alpha value is -0.770. The number of carbonyl (C=O) groups is 1. The van der Waals surface area contributed by atoms with E-state index in [1.54, 1.807) is 18.2 Å². The molecule has 0 bridgehead atoms. The maximum atomic E-state index is 11.7. The Morgan fingerprint density at radius 3 is 2.56 bits per heavy atom. The van der Waals surface area contributed by atoms with Crippen molar-refractivity contribution >= 4 is 34.8 Å². The minimum absolute atomic E-state index is 0.0676. The van der Waals surface area contributed by atoms with E-state index in [0.29, 0.717) is 15.7 Å². The molecule has 0 radical (unpaired) electrons. The molecule has 3 N–H and O–H groups in total. The third-order valence-electron chi connectivity index (χ3n) is 2.23. The molecule has 0 aliphatic carbocycles. The van der Waals surface area contributed by atoms with E-state index in [9.17, 15) is 4.79 Å². The van der Waals surface area contributed by atoms with Gasteiger partial charge in [0, 0.05) is 0 Å². The summed E-state index contributed by atoms with van der Waals surface area (Å²) in [7, 11) is 0. The van der Waals surface area contributed by atoms with Crippen LogP contribution in [0.4, 0.5) is 5.69 Å². The Labute approximate surface area is 105 Å². The number of hydrogen-bond acceptors (Lipinski definition) is 2. The molecule has 1 rings (SSSR count). The molecule has 0 saturated carbocycles. The zero-order valence-corrected chi connectivity index (χ0v) is 10.6. The van der Waals surface area contributed by atoms with E-state index in [1.165, 1.54) is 0 Å². The van der Waals surface area contributed by atoms with Gasteiger partial charge in [-0.25, -0.2) is 0 Å². The Kier molecular flexibility index (Phi) is 4.59. The van der Waals surface area contributed by atoms with Crippen molar-refractivity contribution in [2.45, 2.75) is 19.9 Å². The highest BCUT2D eigenvalue weighted by atomic mass is 35.5. The lowest BCUT2D eigenvalue weighted by molar-refractivity contribution is -0.118. The van der Waals surface area contributed by atoms with Gasteiger partial charge in [-0.05, 0) is 18.1 Å². The summed E-state index contributed by atoms with van der Waals surface area (Å²) in [6, 6.07) is 4.49. The fraction of sp³-hybridized carbons (Fsp3) is 0.364. The van der Waals surface area contributed by atoms with Crippen molar-refractivity contribution < 1.29 is 4.79 Å². The summed E-state index contributed by atoms with van der Waals surface area (Å²) in [5.74, 6) is -0.197. The summed E-state index contributed by atoms with van der Waals surface area (Å²) >= 11 is 11.8. The van der Waals surface area contributed by atoms with Gasteiger partial charge in [-0.2, -0.15) is 0 Å². The predicted octanol–water partition coefficient (Wildman–Crippen LogP) is 2.92. The third kappa shape index (κ3) is 3.11. The molecular formula is C11H14Cl2N2O. The van der Waals surface area contributed by atoms with Crippen molar-refractivity contribution in [2.75, 3.05) is 5.32 Å². The molecule has 16 heavy (non-hydrogen) atoms. The molecule has 0 spiro atoms. The lowest BCUT2D eigenvalue weighted by Crippen LogP contribution is -2.39. The summed E-state index contributed by atoms with van der Waals surface area (Å²) < 4.78 is 0. The molecule has 3 nitrogen and oxygen atoms in total. The summed E-state index contributed by atoms with van der Waals surface area (Å²) in [5, 5.41) is 3.38. The second-order valence-corrected chi connectivity index (χ2v) is 4.65. The molecule has 1 amide bonds. The largest absolute Gasteiger partial charge is 0.323 e. The Bertz CT molecular complexity index is 394. The van der Waals surface area contributed by atoms with Gasteiger partial charge in [0.2, 0.25) is 5.91 Å². The van der Waals surface area contributed by atoms with E-state index in [2.05, 4.69) is 5.32 Å². The highest BCUT2D eigenvalue weighted by molar-refractivity contribution is 6.44. The fourth-order valence-electron chi connectivity index (χ4n) is 1.12. The SMILES string of the molecule is CC(C)[C@@H](N)C(=O)Nc1cccc(Cl)c1Cl. The van der Waals surface area contributed by atoms with E-state index >= 15 is 0 Å². The maximum absolute atomic E-state index is 11.7. The smallest absolute Gasteiger partial charge is 0.241 e. The molecule has 1 aromatic rings. The highest BCUT2D eigenvalue weighted by Crippen LogP contribution is 2.29. The first-order valence-corrected chi connectivity index (χ1v) is 5.69. The average Bonchev–Trinajstić information content (AvgIpc) is 2.23. The molecule has 0 heterocycles. The molecule has 1 aromatic carbocycles. The summed E-state index contributed by atoms with van der Waals surface area (Å²) in [5.41, 5.74) is 6.19. The number of amides is 1. The number of carbonyl (C=O) groups excluding carboxylic acids is 1. The van der Waals surface area contributed by atoms with Crippen molar-refractivity contribution in [2.24, 2.45) is 11.7 Å². The van der Waals surface area contributed by atoms with Gasteiger partial charge in [-0.1, -0.05) is 43.1 Å². The first-order chi connectivity index (χ1) is 7.43. The normalized spacial score (nSPS) is 12.6. The van der Waals surface area contributed by atoms with Crippen LogP contribution in [0.15, 0.2) is 18.2 Å². The molecular weight excluding hydrogens is 247 g/mol. The topological polar surface area (TPSA) is 55.1 Å². The molecule has 0 saturated heterocycles. The van der Waals surface area contributed by atoms with Crippen LogP contribution in [-0.2, 0) is 4.79 Å². The van der Waals surface area contributed by atoms with Crippen molar-refractivity contribution in [1.29, 1.82) is 0 Å². The first kappa shape index (κ1) is 13.3. The Balaban J connectivity index is 2.81. The van der Waals surface area contributed by atoms with Crippen molar-refractivity contribution in [3.63, 3.8) is 0 Å². The quantitative estimate of drug-likeness (QED) is 0.878. The van der Waals surface area contributed by atoms with Crippen LogP contribution in [0.2, 0.25) is 10.0 Å². The van der Waals surface area contributed by atoms with Crippen molar-refractivity contribution in [3.05, 3.63) is 28.2 Å². The lowest BCUT2D eigenvalue weighted by atomic mass is 10.1. The predicted molar refractivity (Wildman–Crippen MR) is 67.9 cm³/mol. The molecule has 5 heteroatoms. The van der Waals surface area contributed by atoms with E-state index in [4.69, 9.17) is 28.9 Å². The van der Waals surface area contributed by atoms with Crippen LogP contribution in [0.25, 0.3) is 0 Å². The van der Waals surface area contributed by atoms with E-state index in [0.717, 1.165) is 0 Å². The van der Waals surface area contributed by atoms with Crippen molar-refractivity contribution in [3.8, 4) is 0 Å². The number of halogens is 2. The van der Waals surface area contributed by atoms with Gasteiger partial charge in [0.1, 0.15) is 0 Å². The lowest BCUT2D eigenvalue weighted by Gasteiger charge is -2.16. The zero-order chi connectivity index (χ0) is 12.3. The molecule has 0 aliphatic heterocycles. The van der Waals surface area contributed by atoms with Gasteiger partial charge in [0.25, 0.3) is 0 Å². The molecule has 0 fully saturated rings. The molecule has 0 aliphatic rings. The van der Waals surface area contributed by atoms with Crippen LogP contribution in [-0.4, -0.2) is 11.9 Å². The van der Waals surface area contributed by atoms with Gasteiger partial charge in [-0.3, -0.25) is 4.79 Å². The number of rotatable bonds is 3. The highest BCUT2D eigenvalue weighted by Gasteiger charge is 2.18. The van der Waals surface area contributed by atoms with Gasteiger partial charge in [0.05, 0.1) is 21.8 Å². The second kappa shape index (κ2) is 5.53. The van der Waals surface area contributed by atoms with Gasteiger partial charge in [-0.15, -0.1) is 0 Å². The molecule has 0 aromatic heterocycles. The Morgan fingerprint density at radius 2 is 2.00 bits per heavy atom. The van der Waals surface area contributed by atoms with Crippen LogP contribution in [0, 0.1) is 5.92 Å². The minimum Gasteiger partial charge on any atom is -0.323 e. The molecule has 88 valence electrons. The summed E-state index contributed by atoms with van der Waals surface area (Å²) in [6.07, 6.45) is 0. The summed E-state index contributed by atoms with van der Waals surface area (Å²) in [6.45, 7) is 3.76. The average molecular weight is 261 g/mol. The molecule has 0 unspecified atom stereocenters. The van der Waals surface area contributed by atoms with Crippen LogP contribution >= 0.6 is 23.2 Å². The van der Waals surface area contributed by atoms with Gasteiger partial charge >= 0.3 is 0 Å². The number of anilines is 1. The fourth-order valence-corrected chi connectivity index (χ4v) is 1.47. The van der Waals surface area contributed by atoms with Gasteiger partial charge in [0.15, 0.2) is 0 Å². The zero-order valence-electron chi connectivity index (χ0n) is 9.13. The summed E-state index contributed by atoms with van der Waals surface area (Å²) in [4.78, 5) is 11.7. The van der Waals surface area contributed by atoms with Crippen LogP contribution < -0.4 is 11.1 Å². The van der Waals surface area contributed by atoms with E-state index in [1.807, 2.05) is 13.8 Å². The standard InChI is InChI=1S/C11H14Cl2N2O/c1-6(2)10(14)11(16)15-8-5-3-4-7(12)9(8)13/h3-6,10H,14H2,1-2H3,(H,15,16)/t10-/m1/s1. The van der Waals surface area contributed by atoms with Gasteiger partial charge < -0.3 is 11.1 Å². The van der Waals surface area contributed by atoms with Crippen molar-refractivity contribution in [1.82, 2.24) is 0 Å². The number of hydrogen-bond donors (Lipinski definition) is 2. The molecule has 1 atom stereocenters. The van der Waals surface area contributed by atoms with Crippen LogP contribution in [0.5, 0.6) is 0 Å². The minimum atomic E-state index is -0.560. The number of benzene rings is 1. The van der Waals surface area contributed by atoms with E-state index < -0.39 is 6.04 Å².